The molecule has 0 aliphatic carbocycles. The normalized spacial score (nSPS) is 13.7. The smallest absolute Gasteiger partial charge is 0.379 e. The van der Waals surface area contributed by atoms with Crippen LogP contribution in [0.25, 0.3) is 21.9 Å². The van der Waals surface area contributed by atoms with Gasteiger partial charge in [0.15, 0.2) is 0 Å². The summed E-state index contributed by atoms with van der Waals surface area (Å²) < 4.78 is 18.2. The zero-order valence-corrected chi connectivity index (χ0v) is 16.4. The summed E-state index contributed by atoms with van der Waals surface area (Å²) in [5, 5.41) is 2.35. The van der Waals surface area contributed by atoms with Gasteiger partial charge in [-0.2, -0.15) is 0 Å². The van der Waals surface area contributed by atoms with Gasteiger partial charge in [-0.1, -0.05) is 56.3 Å². The lowest BCUT2D eigenvalue weighted by atomic mass is 10.00. The maximum atomic E-state index is 12.6. The number of benzene rings is 3. The third kappa shape index (κ3) is 4.00. The van der Waals surface area contributed by atoms with E-state index < -0.39 is 7.60 Å². The molecule has 1 unspecified atom stereocenters. The quantitative estimate of drug-likeness (QED) is 0.501. The fourth-order valence-electron chi connectivity index (χ4n) is 3.31. The highest BCUT2D eigenvalue weighted by molar-refractivity contribution is 7.54. The second-order valence-corrected chi connectivity index (χ2v) is 8.76. The van der Waals surface area contributed by atoms with Crippen LogP contribution in [0.2, 0.25) is 0 Å². The van der Waals surface area contributed by atoms with E-state index in [9.17, 15) is 9.46 Å². The summed E-state index contributed by atoms with van der Waals surface area (Å²) in [7, 11) is -3.70. The molecule has 4 heteroatoms. The lowest BCUT2D eigenvalue weighted by Gasteiger charge is -2.21. The number of rotatable bonds is 6. The van der Waals surface area contributed by atoms with Crippen LogP contribution in [0.1, 0.15) is 32.3 Å². The van der Waals surface area contributed by atoms with E-state index in [0.717, 1.165) is 16.7 Å². The fraction of sp³-hybridized carbons (Fsp3) is 0.273. The Morgan fingerprint density at radius 3 is 2.31 bits per heavy atom. The zero-order valence-electron chi connectivity index (χ0n) is 15.5. The second kappa shape index (κ2) is 7.65. The highest BCUT2D eigenvalue weighted by Gasteiger charge is 2.31. The van der Waals surface area contributed by atoms with Crippen molar-refractivity contribution in [2.75, 3.05) is 0 Å². The summed E-state index contributed by atoms with van der Waals surface area (Å²) in [4.78, 5) is 10.4. The van der Waals surface area contributed by atoms with Crippen LogP contribution in [0.15, 0.2) is 60.7 Å². The van der Waals surface area contributed by atoms with Gasteiger partial charge in [0.1, 0.15) is 5.75 Å². The van der Waals surface area contributed by atoms with Crippen LogP contribution in [-0.4, -0.2) is 10.6 Å². The molecule has 3 aromatic rings. The van der Waals surface area contributed by atoms with Crippen LogP contribution in [0.3, 0.4) is 0 Å². The first-order valence-corrected chi connectivity index (χ1v) is 10.7. The second-order valence-electron chi connectivity index (χ2n) is 6.72. The molecule has 0 spiro atoms. The molecule has 0 bridgehead atoms. The third-order valence-corrected chi connectivity index (χ3v) is 6.90. The first kappa shape index (κ1) is 18.7. The lowest BCUT2D eigenvalue weighted by molar-refractivity contribution is 0.361. The molecule has 3 rings (SSSR count). The molecule has 0 radical (unpaired) electrons. The molecule has 0 amide bonds. The number of hydrogen-bond acceptors (Lipinski definition) is 2. The Morgan fingerprint density at radius 1 is 0.923 bits per heavy atom. The Morgan fingerprint density at radius 2 is 1.62 bits per heavy atom. The van der Waals surface area contributed by atoms with Crippen molar-refractivity contribution in [2.24, 2.45) is 0 Å². The standard InChI is InChI=1S/C22H25O3P/c1-4-22(5-2)26(23,24)25-21-13-16(3)12-20(15-21)19-11-10-17-8-6-7-9-18(17)14-19/h6-15,22H,4-5H2,1-3H3,(H,23,24). The van der Waals surface area contributed by atoms with Crippen LogP contribution in [0.4, 0.5) is 0 Å². The van der Waals surface area contributed by atoms with Gasteiger partial charge >= 0.3 is 7.60 Å². The Kier molecular flexibility index (Phi) is 5.50. The Labute approximate surface area is 155 Å². The Balaban J connectivity index is 1.98. The predicted molar refractivity (Wildman–Crippen MR) is 109 cm³/mol. The maximum Gasteiger partial charge on any atom is 0.379 e. The Bertz CT molecular complexity index is 961. The first-order chi connectivity index (χ1) is 12.4. The van der Waals surface area contributed by atoms with Crippen LogP contribution in [0.5, 0.6) is 5.75 Å². The number of fused-ring (bicyclic) bond motifs is 1. The summed E-state index contributed by atoms with van der Waals surface area (Å²) in [6.07, 6.45) is 1.24. The van der Waals surface area contributed by atoms with E-state index >= 15 is 0 Å². The van der Waals surface area contributed by atoms with Crippen molar-refractivity contribution in [2.45, 2.75) is 39.3 Å². The number of aryl methyl sites for hydroxylation is 1. The van der Waals surface area contributed by atoms with Crippen molar-refractivity contribution in [1.29, 1.82) is 0 Å². The van der Waals surface area contributed by atoms with E-state index in [1.165, 1.54) is 10.8 Å². The molecular weight excluding hydrogens is 343 g/mol. The van der Waals surface area contributed by atoms with Crippen molar-refractivity contribution in [1.82, 2.24) is 0 Å². The molecule has 0 heterocycles. The van der Waals surface area contributed by atoms with Gasteiger partial charge in [-0.15, -0.1) is 0 Å². The summed E-state index contributed by atoms with van der Waals surface area (Å²) in [5.41, 5.74) is 2.70. The van der Waals surface area contributed by atoms with Crippen molar-refractivity contribution in [3.63, 3.8) is 0 Å². The minimum Gasteiger partial charge on any atom is -0.424 e. The van der Waals surface area contributed by atoms with Gasteiger partial charge in [-0.3, -0.25) is 0 Å². The van der Waals surface area contributed by atoms with Gasteiger partial charge in [0, 0.05) is 0 Å². The van der Waals surface area contributed by atoms with Crippen LogP contribution >= 0.6 is 7.60 Å². The van der Waals surface area contributed by atoms with Crippen molar-refractivity contribution in [3.05, 3.63) is 66.2 Å². The van der Waals surface area contributed by atoms with Crippen LogP contribution < -0.4 is 4.52 Å². The molecule has 0 fully saturated rings. The minimum absolute atomic E-state index is 0.341. The molecule has 1 atom stereocenters. The van der Waals surface area contributed by atoms with Crippen LogP contribution in [-0.2, 0) is 4.57 Å². The van der Waals surface area contributed by atoms with Gasteiger partial charge in [0.25, 0.3) is 0 Å². The van der Waals surface area contributed by atoms with E-state index in [4.69, 9.17) is 4.52 Å². The molecule has 1 N–H and O–H groups in total. The fourth-order valence-corrected chi connectivity index (χ4v) is 4.79. The zero-order chi connectivity index (χ0) is 18.7. The van der Waals surface area contributed by atoms with Gasteiger partial charge in [0.05, 0.1) is 5.66 Å². The van der Waals surface area contributed by atoms with E-state index in [2.05, 4.69) is 36.4 Å². The molecular formula is C22H25O3P. The summed E-state index contributed by atoms with van der Waals surface area (Å²) in [6.45, 7) is 5.80. The summed E-state index contributed by atoms with van der Waals surface area (Å²) in [5.74, 6) is 0.450. The van der Waals surface area contributed by atoms with Gasteiger partial charge in [-0.05, 0) is 65.4 Å². The van der Waals surface area contributed by atoms with E-state index in [1.54, 1.807) is 0 Å². The van der Waals surface area contributed by atoms with Gasteiger partial charge < -0.3 is 9.42 Å². The lowest BCUT2D eigenvalue weighted by Crippen LogP contribution is -2.10. The SMILES string of the molecule is CCC(CC)P(=O)(O)Oc1cc(C)cc(-c2ccc3ccccc3c2)c1. The average Bonchev–Trinajstić information content (AvgIpc) is 2.61. The van der Waals surface area contributed by atoms with Crippen molar-refractivity contribution < 1.29 is 14.0 Å². The molecule has 0 aromatic heterocycles. The summed E-state index contributed by atoms with van der Waals surface area (Å²) in [6, 6.07) is 20.2. The van der Waals surface area contributed by atoms with Crippen molar-refractivity contribution in [3.8, 4) is 16.9 Å². The van der Waals surface area contributed by atoms with E-state index in [0.29, 0.717) is 18.6 Å². The molecule has 0 aliphatic rings. The molecule has 3 aromatic carbocycles. The largest absolute Gasteiger partial charge is 0.424 e. The van der Waals surface area contributed by atoms with Gasteiger partial charge in [0.2, 0.25) is 0 Å². The molecule has 3 nitrogen and oxygen atoms in total. The minimum atomic E-state index is -3.70. The van der Waals surface area contributed by atoms with Gasteiger partial charge in [-0.25, -0.2) is 4.57 Å². The Hall–Kier alpha value is -2.09. The van der Waals surface area contributed by atoms with E-state index in [1.807, 2.05) is 45.0 Å². The maximum absolute atomic E-state index is 12.6. The monoisotopic (exact) mass is 368 g/mol. The number of hydrogen-bond donors (Lipinski definition) is 1. The third-order valence-electron chi connectivity index (χ3n) is 4.77. The first-order valence-electron chi connectivity index (χ1n) is 9.06. The highest BCUT2D eigenvalue weighted by Crippen LogP contribution is 2.50. The predicted octanol–water partition coefficient (Wildman–Crippen LogP) is 6.57. The molecule has 0 aliphatic heterocycles. The molecule has 26 heavy (non-hydrogen) atoms. The molecule has 136 valence electrons. The highest BCUT2D eigenvalue weighted by atomic mass is 31.2. The topological polar surface area (TPSA) is 46.5 Å². The van der Waals surface area contributed by atoms with Crippen LogP contribution in [0, 0.1) is 6.92 Å². The molecule has 0 saturated heterocycles. The average molecular weight is 368 g/mol. The van der Waals surface area contributed by atoms with Crippen molar-refractivity contribution >= 4 is 18.4 Å². The van der Waals surface area contributed by atoms with E-state index in [-0.39, 0.29) is 5.66 Å². The molecule has 0 saturated carbocycles. The summed E-state index contributed by atoms with van der Waals surface area (Å²) >= 11 is 0.